The van der Waals surface area contributed by atoms with Gasteiger partial charge in [0.15, 0.2) is 0 Å². The molecular weight excluding hydrogens is 335 g/mol. The van der Waals surface area contributed by atoms with Gasteiger partial charge in [-0.25, -0.2) is 15.0 Å². The van der Waals surface area contributed by atoms with E-state index in [0.717, 1.165) is 22.5 Å². The Bertz CT molecular complexity index is 999. The van der Waals surface area contributed by atoms with Crippen LogP contribution in [0.1, 0.15) is 22.5 Å². The van der Waals surface area contributed by atoms with Gasteiger partial charge in [0, 0.05) is 41.0 Å². The second-order valence-electron chi connectivity index (χ2n) is 5.91. The van der Waals surface area contributed by atoms with Crippen LogP contribution in [-0.4, -0.2) is 32.8 Å². The molecule has 3 aromatic rings. The van der Waals surface area contributed by atoms with Crippen LogP contribution in [-0.2, 0) is 6.54 Å². The molecule has 4 rings (SSSR count). The van der Waals surface area contributed by atoms with Crippen LogP contribution >= 0.6 is 0 Å². The zero-order chi connectivity index (χ0) is 18.3. The zero-order valence-electron chi connectivity index (χ0n) is 14.6. The van der Waals surface area contributed by atoms with Crippen LogP contribution in [0.2, 0.25) is 0 Å². The number of pyridine rings is 1. The third-order valence-corrected chi connectivity index (χ3v) is 4.49. The molecule has 8 heteroatoms. The van der Waals surface area contributed by atoms with Crippen molar-refractivity contribution < 1.29 is 9.13 Å². The molecule has 132 valence electrons. The summed E-state index contributed by atoms with van der Waals surface area (Å²) in [5.74, 6) is 0.187. The fourth-order valence-electron chi connectivity index (χ4n) is 3.21. The number of ether oxygens (including phenoxy) is 1. The molecule has 0 saturated heterocycles. The van der Waals surface area contributed by atoms with Gasteiger partial charge in [0.2, 0.25) is 17.8 Å². The molecule has 0 saturated carbocycles. The molecule has 7 nitrogen and oxygen atoms in total. The number of hydrogen-bond donors (Lipinski definition) is 0. The van der Waals surface area contributed by atoms with Crippen molar-refractivity contribution in [2.75, 3.05) is 12.1 Å². The molecule has 0 aromatic carbocycles. The molecule has 0 aliphatic carbocycles. The summed E-state index contributed by atoms with van der Waals surface area (Å²) >= 11 is 0. The predicted molar refractivity (Wildman–Crippen MR) is 95.4 cm³/mol. The minimum absolute atomic E-state index is 0.243. The maximum absolute atomic E-state index is 14.5. The second-order valence-corrected chi connectivity index (χ2v) is 5.91. The first-order valence-corrected chi connectivity index (χ1v) is 8.10. The number of hydrazone groups is 1. The summed E-state index contributed by atoms with van der Waals surface area (Å²) in [6, 6.07) is 5.07. The van der Waals surface area contributed by atoms with Gasteiger partial charge < -0.3 is 9.30 Å². The summed E-state index contributed by atoms with van der Waals surface area (Å²) < 4.78 is 21.4. The first kappa shape index (κ1) is 16.2. The molecule has 0 N–H and O–H groups in total. The number of anilines is 1. The van der Waals surface area contributed by atoms with Gasteiger partial charge in [0.05, 0.1) is 19.9 Å². The fraction of sp³-hybridized carbons (Fsp3) is 0.222. The number of methoxy groups -OCH3 is 1. The third kappa shape index (κ3) is 2.50. The highest BCUT2D eigenvalue weighted by Gasteiger charge is 2.25. The molecule has 0 fully saturated rings. The largest absolute Gasteiger partial charge is 0.481 e. The van der Waals surface area contributed by atoms with E-state index in [0.29, 0.717) is 18.2 Å². The monoisotopic (exact) mass is 352 g/mol. The second kappa shape index (κ2) is 6.21. The van der Waals surface area contributed by atoms with Crippen LogP contribution in [0.3, 0.4) is 0 Å². The molecule has 3 aromatic heterocycles. The van der Waals surface area contributed by atoms with Crippen LogP contribution in [0.4, 0.5) is 10.3 Å². The maximum atomic E-state index is 14.5. The quantitative estimate of drug-likeness (QED) is 0.678. The molecule has 0 atom stereocenters. The lowest BCUT2D eigenvalue weighted by Gasteiger charge is -2.20. The van der Waals surface area contributed by atoms with E-state index in [1.54, 1.807) is 41.8 Å². The van der Waals surface area contributed by atoms with Crippen LogP contribution in [0.25, 0.3) is 5.69 Å². The van der Waals surface area contributed by atoms with Gasteiger partial charge in [0.25, 0.3) is 0 Å². The van der Waals surface area contributed by atoms with Crippen molar-refractivity contribution in [2.45, 2.75) is 20.4 Å². The summed E-state index contributed by atoms with van der Waals surface area (Å²) in [6.45, 7) is 4.41. The van der Waals surface area contributed by atoms with Crippen molar-refractivity contribution in [3.63, 3.8) is 0 Å². The predicted octanol–water partition coefficient (Wildman–Crippen LogP) is 2.78. The summed E-state index contributed by atoms with van der Waals surface area (Å²) in [5.41, 5.74) is 4.24. The molecule has 4 heterocycles. The SMILES string of the molecule is COc1ccc(-n2c(C)c3c(c2C)CN(c2ncccn2)N=C3)c(F)n1. The smallest absolute Gasteiger partial charge is 0.246 e. The highest BCUT2D eigenvalue weighted by Crippen LogP contribution is 2.30. The minimum Gasteiger partial charge on any atom is -0.481 e. The average Bonchev–Trinajstić information content (AvgIpc) is 2.93. The van der Waals surface area contributed by atoms with Gasteiger partial charge in [-0.1, -0.05) is 0 Å². The van der Waals surface area contributed by atoms with Gasteiger partial charge in [-0.2, -0.15) is 14.5 Å². The first-order valence-electron chi connectivity index (χ1n) is 8.10. The van der Waals surface area contributed by atoms with Crippen LogP contribution in [0.5, 0.6) is 5.88 Å². The van der Waals surface area contributed by atoms with Crippen molar-refractivity contribution in [2.24, 2.45) is 5.10 Å². The Kier molecular flexibility index (Phi) is 3.87. The zero-order valence-corrected chi connectivity index (χ0v) is 14.6. The van der Waals surface area contributed by atoms with Crippen molar-refractivity contribution in [1.82, 2.24) is 19.5 Å². The maximum Gasteiger partial charge on any atom is 0.246 e. The Labute approximate surface area is 149 Å². The van der Waals surface area contributed by atoms with Crippen LogP contribution in [0, 0.1) is 19.8 Å². The summed E-state index contributed by atoms with van der Waals surface area (Å²) in [4.78, 5) is 12.3. The van der Waals surface area contributed by atoms with E-state index in [-0.39, 0.29) is 5.88 Å². The number of hydrogen-bond acceptors (Lipinski definition) is 6. The Hall–Kier alpha value is -3.29. The standard InChI is InChI=1S/C18H17FN6O/c1-11-13-9-22-24(18-20-7-4-8-21-18)10-14(13)12(2)25(11)15-5-6-16(26-3)23-17(15)19/h4-9H,10H2,1-3H3. The van der Waals surface area contributed by atoms with Crippen LogP contribution < -0.4 is 9.75 Å². The lowest BCUT2D eigenvalue weighted by atomic mass is 10.1. The summed E-state index contributed by atoms with van der Waals surface area (Å²) in [6.07, 6.45) is 5.12. The molecule has 1 aliphatic heterocycles. The van der Waals surface area contributed by atoms with Crippen molar-refractivity contribution in [3.8, 4) is 11.6 Å². The van der Waals surface area contributed by atoms with Crippen molar-refractivity contribution >= 4 is 12.2 Å². The number of halogens is 1. The lowest BCUT2D eigenvalue weighted by Crippen LogP contribution is -2.22. The van der Waals surface area contributed by atoms with Crippen LogP contribution in [0.15, 0.2) is 35.7 Å². The minimum atomic E-state index is -0.580. The molecule has 0 unspecified atom stereocenters. The summed E-state index contributed by atoms with van der Waals surface area (Å²) in [7, 11) is 1.46. The van der Waals surface area contributed by atoms with Gasteiger partial charge >= 0.3 is 0 Å². The highest BCUT2D eigenvalue weighted by atomic mass is 19.1. The van der Waals surface area contributed by atoms with E-state index in [2.05, 4.69) is 20.1 Å². The number of aromatic nitrogens is 4. The normalized spacial score (nSPS) is 13.0. The van der Waals surface area contributed by atoms with Gasteiger partial charge in [-0.05, 0) is 26.0 Å². The summed E-state index contributed by atoms with van der Waals surface area (Å²) in [5, 5.41) is 6.16. The fourth-order valence-corrected chi connectivity index (χ4v) is 3.21. The Morgan fingerprint density at radius 2 is 1.88 bits per heavy atom. The van der Waals surface area contributed by atoms with E-state index in [1.807, 2.05) is 18.4 Å². The number of fused-ring (bicyclic) bond motifs is 1. The van der Waals surface area contributed by atoms with Gasteiger partial charge in [0.1, 0.15) is 5.69 Å². The Morgan fingerprint density at radius 3 is 2.58 bits per heavy atom. The van der Waals surface area contributed by atoms with E-state index in [1.165, 1.54) is 7.11 Å². The van der Waals surface area contributed by atoms with E-state index in [9.17, 15) is 4.39 Å². The molecule has 0 radical (unpaired) electrons. The number of rotatable bonds is 3. The molecule has 26 heavy (non-hydrogen) atoms. The average molecular weight is 352 g/mol. The van der Waals surface area contributed by atoms with Crippen molar-refractivity contribution in [1.29, 1.82) is 0 Å². The third-order valence-electron chi connectivity index (χ3n) is 4.49. The molecular formula is C18H17FN6O. The topological polar surface area (TPSA) is 68.4 Å². The molecule has 0 amide bonds. The lowest BCUT2D eigenvalue weighted by molar-refractivity contribution is 0.387. The first-order chi connectivity index (χ1) is 12.6. The van der Waals surface area contributed by atoms with E-state index in [4.69, 9.17) is 4.74 Å². The van der Waals surface area contributed by atoms with E-state index >= 15 is 0 Å². The molecule has 0 bridgehead atoms. The van der Waals surface area contributed by atoms with Gasteiger partial charge in [-0.3, -0.25) is 0 Å². The Balaban J connectivity index is 1.78. The molecule has 0 spiro atoms. The molecule has 1 aliphatic rings. The van der Waals surface area contributed by atoms with E-state index < -0.39 is 5.95 Å². The Morgan fingerprint density at radius 1 is 1.12 bits per heavy atom. The number of nitrogens with zero attached hydrogens (tertiary/aromatic N) is 6. The highest BCUT2D eigenvalue weighted by molar-refractivity contribution is 5.86. The van der Waals surface area contributed by atoms with Gasteiger partial charge in [-0.15, -0.1) is 0 Å². The van der Waals surface area contributed by atoms with Crippen molar-refractivity contribution in [3.05, 3.63) is 59.1 Å².